The highest BCUT2D eigenvalue weighted by Gasteiger charge is 2.28. The van der Waals surface area contributed by atoms with Crippen molar-refractivity contribution >= 4 is 17.4 Å². The topological polar surface area (TPSA) is 39.2 Å². The third kappa shape index (κ3) is 3.28. The number of aromatic nitrogens is 1. The average molecular weight is 350 g/mol. The van der Waals surface area contributed by atoms with Gasteiger partial charge in [0.15, 0.2) is 5.78 Å². The van der Waals surface area contributed by atoms with Crippen molar-refractivity contribution in [1.29, 1.82) is 0 Å². The van der Waals surface area contributed by atoms with E-state index in [0.29, 0.717) is 16.7 Å². The summed E-state index contributed by atoms with van der Waals surface area (Å²) >= 11 is 5.83. The van der Waals surface area contributed by atoms with Crippen LogP contribution in [-0.4, -0.2) is 10.8 Å². The van der Waals surface area contributed by atoms with E-state index in [0.717, 1.165) is 29.5 Å². The smallest absolute Gasteiger partial charge is 0.219 e. The molecule has 0 spiro atoms. The van der Waals surface area contributed by atoms with Crippen LogP contribution < -0.4 is 4.74 Å². The molecule has 4 rings (SSSR count). The van der Waals surface area contributed by atoms with Gasteiger partial charge in [-0.05, 0) is 48.2 Å². The molecule has 1 unspecified atom stereocenters. The Hall–Kier alpha value is -2.65. The van der Waals surface area contributed by atoms with Crippen molar-refractivity contribution in [3.8, 4) is 11.6 Å². The first-order chi connectivity index (χ1) is 12.2. The Labute approximate surface area is 151 Å². The maximum atomic E-state index is 12.9. The van der Waals surface area contributed by atoms with E-state index in [4.69, 9.17) is 16.3 Å². The zero-order chi connectivity index (χ0) is 17.2. The van der Waals surface area contributed by atoms with Crippen LogP contribution in [-0.2, 0) is 6.42 Å². The number of halogens is 1. The number of benzene rings is 2. The predicted octanol–water partition coefficient (Wildman–Crippen LogP) is 5.44. The number of ether oxygens (including phenoxy) is 1. The lowest BCUT2D eigenvalue weighted by Crippen LogP contribution is -2.20. The van der Waals surface area contributed by atoms with Gasteiger partial charge in [-0.25, -0.2) is 4.98 Å². The summed E-state index contributed by atoms with van der Waals surface area (Å²) in [5.41, 5.74) is 2.91. The molecule has 0 bridgehead atoms. The number of carbonyl (C=O) groups is 1. The minimum absolute atomic E-state index is 0.0570. The second kappa shape index (κ2) is 6.69. The van der Waals surface area contributed by atoms with Gasteiger partial charge in [0, 0.05) is 23.7 Å². The predicted molar refractivity (Wildman–Crippen MR) is 97.6 cm³/mol. The van der Waals surface area contributed by atoms with Crippen molar-refractivity contribution in [3.63, 3.8) is 0 Å². The van der Waals surface area contributed by atoms with E-state index < -0.39 is 0 Å². The number of aryl methyl sites for hydroxylation is 1. The van der Waals surface area contributed by atoms with E-state index in [1.165, 1.54) is 0 Å². The molecule has 3 aromatic rings. The maximum absolute atomic E-state index is 12.9. The summed E-state index contributed by atoms with van der Waals surface area (Å²) in [5.74, 6) is 1.29. The number of hydrogen-bond donors (Lipinski definition) is 0. The summed E-state index contributed by atoms with van der Waals surface area (Å²) in [5, 5.41) is 0.565. The molecule has 1 aliphatic carbocycles. The maximum Gasteiger partial charge on any atom is 0.219 e. The van der Waals surface area contributed by atoms with E-state index in [-0.39, 0.29) is 11.7 Å². The molecule has 1 aromatic heterocycles. The van der Waals surface area contributed by atoms with E-state index in [2.05, 4.69) is 4.98 Å². The average Bonchev–Trinajstić information content (AvgIpc) is 2.65. The molecule has 3 nitrogen and oxygen atoms in total. The highest BCUT2D eigenvalue weighted by Crippen LogP contribution is 2.35. The quantitative estimate of drug-likeness (QED) is 0.632. The Morgan fingerprint density at radius 1 is 1.04 bits per heavy atom. The van der Waals surface area contributed by atoms with Crippen LogP contribution >= 0.6 is 11.6 Å². The minimum Gasteiger partial charge on any atom is -0.439 e. The molecule has 0 fully saturated rings. The van der Waals surface area contributed by atoms with Gasteiger partial charge >= 0.3 is 0 Å². The Morgan fingerprint density at radius 2 is 1.88 bits per heavy atom. The lowest BCUT2D eigenvalue weighted by atomic mass is 9.79. The zero-order valence-corrected chi connectivity index (χ0v) is 14.2. The van der Waals surface area contributed by atoms with Gasteiger partial charge in [-0.15, -0.1) is 0 Å². The molecule has 4 heteroatoms. The number of carbonyl (C=O) groups excluding carboxylic acids is 1. The van der Waals surface area contributed by atoms with Crippen LogP contribution in [0.4, 0.5) is 0 Å². The molecule has 1 aliphatic rings. The van der Waals surface area contributed by atoms with Gasteiger partial charge < -0.3 is 4.74 Å². The normalized spacial score (nSPS) is 16.4. The molecule has 1 heterocycles. The molecule has 0 saturated heterocycles. The number of hydrogen-bond acceptors (Lipinski definition) is 3. The second-order valence-electron chi connectivity index (χ2n) is 6.10. The third-order valence-corrected chi connectivity index (χ3v) is 4.71. The van der Waals surface area contributed by atoms with Crippen LogP contribution in [0, 0.1) is 0 Å². The molecule has 0 saturated carbocycles. The number of fused-ring (bicyclic) bond motifs is 1. The first-order valence-electron chi connectivity index (χ1n) is 8.22. The van der Waals surface area contributed by atoms with Crippen molar-refractivity contribution < 1.29 is 9.53 Å². The molecule has 0 radical (unpaired) electrons. The summed E-state index contributed by atoms with van der Waals surface area (Å²) in [6.07, 6.45) is 3.22. The molecule has 0 amide bonds. The van der Waals surface area contributed by atoms with Crippen LogP contribution in [0.2, 0.25) is 5.02 Å². The summed E-state index contributed by atoms with van der Waals surface area (Å²) in [6.45, 7) is 0. The summed E-state index contributed by atoms with van der Waals surface area (Å²) in [4.78, 5) is 17.0. The lowest BCUT2D eigenvalue weighted by molar-refractivity contribution is 0.0946. The highest BCUT2D eigenvalue weighted by atomic mass is 35.5. The van der Waals surface area contributed by atoms with Crippen molar-refractivity contribution in [3.05, 3.63) is 88.6 Å². The van der Waals surface area contributed by atoms with Gasteiger partial charge in [0.1, 0.15) is 5.75 Å². The summed E-state index contributed by atoms with van der Waals surface area (Å²) in [7, 11) is 0. The summed E-state index contributed by atoms with van der Waals surface area (Å²) < 4.78 is 5.77. The first kappa shape index (κ1) is 15.9. The molecular weight excluding hydrogens is 334 g/mol. The van der Waals surface area contributed by atoms with E-state index >= 15 is 0 Å². The third-order valence-electron chi connectivity index (χ3n) is 4.49. The number of pyridine rings is 1. The van der Waals surface area contributed by atoms with Gasteiger partial charge in [-0.1, -0.05) is 41.9 Å². The zero-order valence-electron chi connectivity index (χ0n) is 13.5. The van der Waals surface area contributed by atoms with Crippen LogP contribution in [0.25, 0.3) is 0 Å². The Morgan fingerprint density at radius 3 is 2.64 bits per heavy atom. The fourth-order valence-corrected chi connectivity index (χ4v) is 3.36. The molecule has 124 valence electrons. The molecule has 25 heavy (non-hydrogen) atoms. The van der Waals surface area contributed by atoms with Gasteiger partial charge in [-0.3, -0.25) is 4.79 Å². The molecular formula is C21H16ClNO2. The Bertz CT molecular complexity index is 907. The van der Waals surface area contributed by atoms with Crippen molar-refractivity contribution in [2.45, 2.75) is 18.8 Å². The lowest BCUT2D eigenvalue weighted by Gasteiger charge is -2.24. The van der Waals surface area contributed by atoms with E-state index in [1.807, 2.05) is 48.5 Å². The number of rotatable bonds is 3. The van der Waals surface area contributed by atoms with E-state index in [9.17, 15) is 4.79 Å². The fourth-order valence-electron chi connectivity index (χ4n) is 3.25. The highest BCUT2D eigenvalue weighted by molar-refractivity contribution is 6.30. The molecule has 1 atom stereocenters. The number of Topliss-reactive ketones (excluding diaryl/α,β-unsaturated/α-hetero) is 1. The molecule has 2 aromatic carbocycles. The van der Waals surface area contributed by atoms with Gasteiger partial charge in [0.25, 0.3) is 0 Å². The van der Waals surface area contributed by atoms with Crippen LogP contribution in [0.15, 0.2) is 66.9 Å². The molecule has 0 N–H and O–H groups in total. The molecule has 0 aliphatic heterocycles. The largest absolute Gasteiger partial charge is 0.439 e. The van der Waals surface area contributed by atoms with Crippen LogP contribution in [0.5, 0.6) is 11.6 Å². The van der Waals surface area contributed by atoms with Crippen LogP contribution in [0.1, 0.15) is 33.8 Å². The van der Waals surface area contributed by atoms with Gasteiger partial charge in [0.05, 0.1) is 5.02 Å². The Kier molecular flexibility index (Phi) is 4.24. The fraction of sp³-hybridized carbons (Fsp3) is 0.143. The second-order valence-corrected chi connectivity index (χ2v) is 6.54. The number of ketones is 1. The summed E-state index contributed by atoms with van der Waals surface area (Å²) in [6, 6.07) is 19.0. The van der Waals surface area contributed by atoms with E-state index in [1.54, 1.807) is 18.3 Å². The van der Waals surface area contributed by atoms with Gasteiger partial charge in [-0.2, -0.15) is 0 Å². The van der Waals surface area contributed by atoms with Gasteiger partial charge in [0.2, 0.25) is 5.88 Å². The first-order valence-corrected chi connectivity index (χ1v) is 8.60. The van der Waals surface area contributed by atoms with Crippen LogP contribution in [0.3, 0.4) is 0 Å². The van der Waals surface area contributed by atoms with Crippen molar-refractivity contribution in [2.24, 2.45) is 0 Å². The Balaban J connectivity index is 1.58. The minimum atomic E-state index is -0.0570. The number of nitrogens with zero attached hydrogens (tertiary/aromatic N) is 1. The standard InChI is InChI=1S/C21H16ClNO2/c22-16-7-11-20(23-13-16)25-17-8-10-19-15(12-17)6-9-18(21(19)24)14-4-2-1-3-5-14/h1-5,7-8,10-13,18H,6,9H2. The monoisotopic (exact) mass is 349 g/mol. The van der Waals surface area contributed by atoms with Crippen molar-refractivity contribution in [1.82, 2.24) is 4.98 Å². The SMILES string of the molecule is O=C1c2ccc(Oc3ccc(Cl)cn3)cc2CCC1c1ccccc1. The van der Waals surface area contributed by atoms with Crippen molar-refractivity contribution in [2.75, 3.05) is 0 Å².